The van der Waals surface area contributed by atoms with Gasteiger partial charge < -0.3 is 4.42 Å². The van der Waals surface area contributed by atoms with Crippen molar-refractivity contribution in [1.82, 2.24) is 10.2 Å². The highest BCUT2D eigenvalue weighted by Crippen LogP contribution is 2.43. The first-order valence-electron chi connectivity index (χ1n) is 9.32. The summed E-state index contributed by atoms with van der Waals surface area (Å²) < 4.78 is 28.4. The van der Waals surface area contributed by atoms with Crippen LogP contribution in [0.5, 0.6) is 0 Å². The van der Waals surface area contributed by atoms with Crippen LogP contribution in [0.2, 0.25) is 0 Å². The van der Waals surface area contributed by atoms with E-state index in [1.54, 1.807) is 0 Å². The Balaban J connectivity index is 1.55. The monoisotopic (exact) mass is 388 g/mol. The first-order valence-corrected chi connectivity index (χ1v) is 11.0. The molecule has 0 spiro atoms. The first kappa shape index (κ1) is 18.4. The van der Waals surface area contributed by atoms with E-state index in [4.69, 9.17) is 9.56 Å². The molecule has 0 saturated carbocycles. The van der Waals surface area contributed by atoms with Crippen LogP contribution >= 0.6 is 0 Å². The lowest BCUT2D eigenvalue weighted by Gasteiger charge is -2.45. The van der Waals surface area contributed by atoms with Crippen LogP contribution in [0.1, 0.15) is 36.6 Å². The highest BCUT2D eigenvalue weighted by atomic mass is 32.2. The standard InChI is InChI=1S/C19H24N4O3S/c20-13-19(22-8-3-11-27(21,24)25)7-10-23-9-6-15-14-4-1-2-5-17(14)26-18(15)16(23)12-19/h1-2,4-5,16,22H,3,6-12H2,(H2,21,24,25). The molecule has 1 saturated heterocycles. The number of nitrogens with two attached hydrogens (primary N) is 1. The molecule has 2 aliphatic rings. The van der Waals surface area contributed by atoms with Gasteiger partial charge in [0.25, 0.3) is 0 Å². The molecule has 0 amide bonds. The van der Waals surface area contributed by atoms with Gasteiger partial charge in [-0.05, 0) is 31.9 Å². The highest BCUT2D eigenvalue weighted by molar-refractivity contribution is 7.89. The molecule has 1 fully saturated rings. The number of furan rings is 1. The van der Waals surface area contributed by atoms with Gasteiger partial charge in [-0.3, -0.25) is 10.2 Å². The second-order valence-corrected chi connectivity index (χ2v) is 9.27. The summed E-state index contributed by atoms with van der Waals surface area (Å²) in [4.78, 5) is 2.40. The van der Waals surface area contributed by atoms with E-state index in [0.717, 1.165) is 30.9 Å². The molecule has 2 unspecified atom stereocenters. The Bertz CT molecular complexity index is 994. The number of fused-ring (bicyclic) bond motifs is 5. The predicted octanol–water partition coefficient (Wildman–Crippen LogP) is 1.66. The highest BCUT2D eigenvalue weighted by Gasteiger charge is 2.44. The third-order valence-electron chi connectivity index (χ3n) is 5.77. The van der Waals surface area contributed by atoms with Gasteiger partial charge in [-0.15, -0.1) is 0 Å². The number of nitrogens with one attached hydrogen (secondary N) is 1. The summed E-state index contributed by atoms with van der Waals surface area (Å²) >= 11 is 0. The zero-order chi connectivity index (χ0) is 19.1. The van der Waals surface area contributed by atoms with Crippen LogP contribution in [-0.4, -0.2) is 44.2 Å². The predicted molar refractivity (Wildman–Crippen MR) is 102 cm³/mol. The van der Waals surface area contributed by atoms with Crippen molar-refractivity contribution in [2.45, 2.75) is 37.3 Å². The van der Waals surface area contributed by atoms with E-state index >= 15 is 0 Å². The van der Waals surface area contributed by atoms with E-state index < -0.39 is 15.6 Å². The molecule has 2 atom stereocenters. The third-order valence-corrected chi connectivity index (χ3v) is 6.63. The average Bonchev–Trinajstić information content (AvgIpc) is 3.04. The van der Waals surface area contributed by atoms with Gasteiger partial charge in [-0.2, -0.15) is 5.26 Å². The number of nitrogens with zero attached hydrogens (tertiary/aromatic N) is 2. The maximum Gasteiger partial charge on any atom is 0.209 e. The van der Waals surface area contributed by atoms with Gasteiger partial charge in [0.1, 0.15) is 16.9 Å². The van der Waals surface area contributed by atoms with E-state index in [0.29, 0.717) is 25.8 Å². The van der Waals surface area contributed by atoms with E-state index in [9.17, 15) is 13.7 Å². The smallest absolute Gasteiger partial charge is 0.209 e. The fraction of sp³-hybridized carbons (Fsp3) is 0.526. The number of rotatable bonds is 5. The minimum absolute atomic E-state index is 0.0697. The Morgan fingerprint density at radius 3 is 2.96 bits per heavy atom. The quantitative estimate of drug-likeness (QED) is 0.753. The van der Waals surface area contributed by atoms with Crippen LogP contribution in [-0.2, 0) is 16.4 Å². The minimum atomic E-state index is -3.47. The fourth-order valence-corrected chi connectivity index (χ4v) is 4.93. The SMILES string of the molecule is N#CC1(NCCCS(N)(=O)=O)CCN2CCc3c(oc4ccccc34)C2C1. The molecule has 8 heteroatoms. The normalized spacial score (nSPS) is 25.7. The molecular weight excluding hydrogens is 364 g/mol. The molecule has 3 heterocycles. The molecule has 2 aromatic rings. The summed E-state index contributed by atoms with van der Waals surface area (Å²) in [6, 6.07) is 10.6. The molecule has 27 heavy (non-hydrogen) atoms. The Morgan fingerprint density at radius 2 is 2.19 bits per heavy atom. The van der Waals surface area contributed by atoms with E-state index in [1.165, 1.54) is 10.9 Å². The van der Waals surface area contributed by atoms with Gasteiger partial charge in [-0.25, -0.2) is 13.6 Å². The summed E-state index contributed by atoms with van der Waals surface area (Å²) in [6.07, 6.45) is 2.70. The fourth-order valence-electron chi connectivity index (χ4n) is 4.38. The van der Waals surface area contributed by atoms with Gasteiger partial charge in [0, 0.05) is 30.5 Å². The molecule has 3 N–H and O–H groups in total. The molecule has 1 aromatic carbocycles. The summed E-state index contributed by atoms with van der Waals surface area (Å²) in [7, 11) is -3.47. The van der Waals surface area contributed by atoms with Crippen molar-refractivity contribution in [2.24, 2.45) is 5.14 Å². The topological polar surface area (TPSA) is 112 Å². The summed E-state index contributed by atoms with van der Waals surface area (Å²) in [6.45, 7) is 2.23. The van der Waals surface area contributed by atoms with Crippen LogP contribution in [0.15, 0.2) is 28.7 Å². The third kappa shape index (κ3) is 3.60. The van der Waals surface area contributed by atoms with Crippen LogP contribution in [0.25, 0.3) is 11.0 Å². The second kappa shape index (κ2) is 6.91. The number of hydrogen-bond acceptors (Lipinski definition) is 6. The lowest BCUT2D eigenvalue weighted by Crippen LogP contribution is -2.55. The van der Waals surface area contributed by atoms with Crippen molar-refractivity contribution in [3.8, 4) is 6.07 Å². The molecule has 2 aliphatic heterocycles. The number of piperidine rings is 1. The van der Waals surface area contributed by atoms with Crippen LogP contribution in [0.4, 0.5) is 0 Å². The van der Waals surface area contributed by atoms with Gasteiger partial charge in [-0.1, -0.05) is 18.2 Å². The average molecular weight is 388 g/mol. The van der Waals surface area contributed by atoms with Crippen LogP contribution < -0.4 is 10.5 Å². The molecule has 144 valence electrons. The van der Waals surface area contributed by atoms with Crippen molar-refractivity contribution >= 4 is 21.0 Å². The zero-order valence-corrected chi connectivity index (χ0v) is 16.0. The Kier molecular flexibility index (Phi) is 4.72. The van der Waals surface area contributed by atoms with Crippen molar-refractivity contribution in [1.29, 1.82) is 5.26 Å². The number of hydrogen-bond donors (Lipinski definition) is 2. The van der Waals surface area contributed by atoms with E-state index in [-0.39, 0.29) is 11.8 Å². The number of benzene rings is 1. The maximum atomic E-state index is 11.1. The number of para-hydroxylation sites is 1. The van der Waals surface area contributed by atoms with E-state index in [2.05, 4.69) is 22.4 Å². The number of primary sulfonamides is 1. The molecule has 0 bridgehead atoms. The minimum Gasteiger partial charge on any atom is -0.459 e. The van der Waals surface area contributed by atoms with Gasteiger partial charge in [0.15, 0.2) is 0 Å². The lowest BCUT2D eigenvalue weighted by molar-refractivity contribution is 0.0777. The maximum absolute atomic E-state index is 11.1. The molecule has 0 aliphatic carbocycles. The van der Waals surface area contributed by atoms with Gasteiger partial charge >= 0.3 is 0 Å². The van der Waals surface area contributed by atoms with Gasteiger partial charge in [0.2, 0.25) is 10.0 Å². The van der Waals surface area contributed by atoms with Gasteiger partial charge in [0.05, 0.1) is 17.9 Å². The van der Waals surface area contributed by atoms with Crippen molar-refractivity contribution in [2.75, 3.05) is 25.4 Å². The molecule has 7 nitrogen and oxygen atoms in total. The first-order chi connectivity index (χ1) is 12.9. The number of sulfonamides is 1. The molecule has 1 aromatic heterocycles. The van der Waals surface area contributed by atoms with Crippen molar-refractivity contribution in [3.63, 3.8) is 0 Å². The number of nitriles is 1. The summed E-state index contributed by atoms with van der Waals surface area (Å²) in [5, 5.41) is 19.4. The Morgan fingerprint density at radius 1 is 1.37 bits per heavy atom. The van der Waals surface area contributed by atoms with Crippen LogP contribution in [0.3, 0.4) is 0 Å². The van der Waals surface area contributed by atoms with Crippen LogP contribution in [0, 0.1) is 11.3 Å². The Hall–Kier alpha value is -1.92. The summed E-state index contributed by atoms with van der Waals surface area (Å²) in [5.74, 6) is 0.901. The Labute approximate surface area is 159 Å². The molecule has 4 rings (SSSR count). The van der Waals surface area contributed by atoms with Crippen molar-refractivity contribution in [3.05, 3.63) is 35.6 Å². The van der Waals surface area contributed by atoms with Crippen molar-refractivity contribution < 1.29 is 12.8 Å². The van der Waals surface area contributed by atoms with E-state index in [1.807, 2.05) is 18.2 Å². The zero-order valence-electron chi connectivity index (χ0n) is 15.1. The molecular formula is C19H24N4O3S. The second-order valence-electron chi connectivity index (χ2n) is 7.54. The lowest BCUT2D eigenvalue weighted by atomic mass is 9.80. The molecule has 0 radical (unpaired) electrons. The summed E-state index contributed by atoms with van der Waals surface area (Å²) in [5.41, 5.74) is 1.49. The largest absolute Gasteiger partial charge is 0.459 e.